The summed E-state index contributed by atoms with van der Waals surface area (Å²) >= 11 is 0. The van der Waals surface area contributed by atoms with Crippen molar-refractivity contribution in [1.82, 2.24) is 4.72 Å². The van der Waals surface area contributed by atoms with E-state index in [-0.39, 0.29) is 6.54 Å². The van der Waals surface area contributed by atoms with Crippen molar-refractivity contribution in [2.45, 2.75) is 32.1 Å². The number of carbonyl (C=O) groups excluding carboxylic acids is 1. The highest BCUT2D eigenvalue weighted by molar-refractivity contribution is 7.83. The lowest BCUT2D eigenvalue weighted by atomic mass is 10.1. The van der Waals surface area contributed by atoms with Gasteiger partial charge in [-0.05, 0) is 12.8 Å². The highest BCUT2D eigenvalue weighted by Crippen LogP contribution is 2.02. The predicted molar refractivity (Wildman–Crippen MR) is 63.8 cm³/mol. The van der Waals surface area contributed by atoms with Gasteiger partial charge in [-0.2, -0.15) is 13.1 Å². The smallest absolute Gasteiger partial charge is 0.333 e. The van der Waals surface area contributed by atoms with Gasteiger partial charge < -0.3 is 4.74 Å². The zero-order valence-corrected chi connectivity index (χ0v) is 10.5. The largest absolute Gasteiger partial charge is 0.463 e. The van der Waals surface area contributed by atoms with E-state index >= 15 is 0 Å². The Morgan fingerprint density at radius 1 is 1.24 bits per heavy atom. The number of hydrogen-bond acceptors (Lipinski definition) is 4. The van der Waals surface area contributed by atoms with Crippen LogP contribution >= 0.6 is 0 Å². The molecule has 0 rings (SSSR count). The molecular formula is C10H19NO5S. The minimum Gasteiger partial charge on any atom is -0.463 e. The minimum absolute atomic E-state index is 0.240. The maximum atomic E-state index is 10.7. The van der Waals surface area contributed by atoms with Crippen molar-refractivity contribution in [2.24, 2.45) is 0 Å². The van der Waals surface area contributed by atoms with Crippen LogP contribution in [-0.2, 0) is 19.8 Å². The molecule has 2 N–H and O–H groups in total. The van der Waals surface area contributed by atoms with Crippen LogP contribution in [-0.4, -0.2) is 32.1 Å². The second-order valence-electron chi connectivity index (χ2n) is 3.51. The first-order chi connectivity index (χ1) is 7.95. The molecule has 0 aliphatic carbocycles. The van der Waals surface area contributed by atoms with Crippen LogP contribution in [0.3, 0.4) is 0 Å². The van der Waals surface area contributed by atoms with Gasteiger partial charge in [0.2, 0.25) is 0 Å². The van der Waals surface area contributed by atoms with Crippen LogP contribution < -0.4 is 4.72 Å². The molecule has 7 heteroatoms. The molecule has 0 atom stereocenters. The molecule has 17 heavy (non-hydrogen) atoms. The second kappa shape index (κ2) is 9.15. The average molecular weight is 265 g/mol. The number of unbranched alkanes of at least 4 members (excludes halogenated alkanes) is 4. The Labute approximate surface area is 102 Å². The normalized spacial score (nSPS) is 11.1. The summed E-state index contributed by atoms with van der Waals surface area (Å²) in [5, 5.41) is 0. The summed E-state index contributed by atoms with van der Waals surface area (Å²) in [6.07, 6.45) is 5.28. The van der Waals surface area contributed by atoms with E-state index < -0.39 is 16.3 Å². The zero-order valence-electron chi connectivity index (χ0n) is 9.72. The van der Waals surface area contributed by atoms with Crippen LogP contribution in [0.1, 0.15) is 32.1 Å². The summed E-state index contributed by atoms with van der Waals surface area (Å²) in [7, 11) is -4.05. The fourth-order valence-electron chi connectivity index (χ4n) is 1.19. The fraction of sp³-hybridized carbons (Fsp3) is 0.700. The molecule has 0 aromatic rings. The van der Waals surface area contributed by atoms with E-state index in [1.807, 2.05) is 4.72 Å². The van der Waals surface area contributed by atoms with Gasteiger partial charge in [0.05, 0.1) is 6.61 Å². The molecule has 0 unspecified atom stereocenters. The standard InChI is InChI=1S/C10H19NO5S/c1-2-10(12)16-9-7-5-3-4-6-8-11-17(13,14)15/h2,11H,1,3-9H2,(H,13,14,15). The molecule has 0 aromatic heterocycles. The Kier molecular flexibility index (Phi) is 8.65. The Morgan fingerprint density at radius 2 is 1.82 bits per heavy atom. The number of hydrogen-bond donors (Lipinski definition) is 2. The third-order valence-corrected chi connectivity index (χ3v) is 2.59. The van der Waals surface area contributed by atoms with Gasteiger partial charge in [-0.1, -0.05) is 25.8 Å². The first kappa shape index (κ1) is 16.1. The van der Waals surface area contributed by atoms with Gasteiger partial charge in [0.15, 0.2) is 0 Å². The Morgan fingerprint density at radius 3 is 2.41 bits per heavy atom. The van der Waals surface area contributed by atoms with Crippen molar-refractivity contribution >= 4 is 16.3 Å². The molecule has 0 saturated carbocycles. The van der Waals surface area contributed by atoms with E-state index in [4.69, 9.17) is 9.29 Å². The molecule has 0 fully saturated rings. The third-order valence-electron chi connectivity index (χ3n) is 2.02. The van der Waals surface area contributed by atoms with Crippen LogP contribution in [0.4, 0.5) is 0 Å². The summed E-state index contributed by atoms with van der Waals surface area (Å²) < 4.78 is 35.7. The molecular weight excluding hydrogens is 246 g/mol. The van der Waals surface area contributed by atoms with Crippen molar-refractivity contribution < 1.29 is 22.5 Å². The fourth-order valence-corrected chi connectivity index (χ4v) is 1.59. The van der Waals surface area contributed by atoms with Gasteiger partial charge in [-0.15, -0.1) is 0 Å². The van der Waals surface area contributed by atoms with Crippen molar-refractivity contribution in [1.29, 1.82) is 0 Å². The molecule has 6 nitrogen and oxygen atoms in total. The third kappa shape index (κ3) is 13.0. The maximum Gasteiger partial charge on any atom is 0.333 e. The number of rotatable bonds is 10. The number of ether oxygens (including phenoxy) is 1. The van der Waals surface area contributed by atoms with E-state index in [0.717, 1.165) is 31.8 Å². The minimum atomic E-state index is -4.05. The summed E-state index contributed by atoms with van der Waals surface area (Å²) in [6, 6.07) is 0. The number of nitrogens with one attached hydrogen (secondary N) is 1. The summed E-state index contributed by atoms with van der Waals surface area (Å²) in [4.78, 5) is 10.7. The maximum absolute atomic E-state index is 10.7. The monoisotopic (exact) mass is 265 g/mol. The van der Waals surface area contributed by atoms with Crippen molar-refractivity contribution in [3.8, 4) is 0 Å². The summed E-state index contributed by atoms with van der Waals surface area (Å²) in [5.74, 6) is -0.414. The van der Waals surface area contributed by atoms with E-state index in [0.29, 0.717) is 13.0 Å². The quantitative estimate of drug-likeness (QED) is 0.267. The van der Waals surface area contributed by atoms with Crippen LogP contribution in [0.2, 0.25) is 0 Å². The topological polar surface area (TPSA) is 92.7 Å². The molecule has 0 aliphatic rings. The van der Waals surface area contributed by atoms with E-state index in [1.54, 1.807) is 0 Å². The van der Waals surface area contributed by atoms with E-state index in [1.165, 1.54) is 0 Å². The Balaban J connectivity index is 3.19. The number of esters is 1. The van der Waals surface area contributed by atoms with Crippen molar-refractivity contribution in [3.05, 3.63) is 12.7 Å². The molecule has 0 aliphatic heterocycles. The Bertz CT molecular complexity index is 326. The zero-order chi connectivity index (χ0) is 13.1. The summed E-state index contributed by atoms with van der Waals surface area (Å²) in [6.45, 7) is 3.90. The van der Waals surface area contributed by atoms with Crippen LogP contribution in [0, 0.1) is 0 Å². The number of carbonyl (C=O) groups is 1. The molecule has 0 spiro atoms. The summed E-state index contributed by atoms with van der Waals surface area (Å²) in [5.41, 5.74) is 0. The van der Waals surface area contributed by atoms with Crippen LogP contribution in [0.5, 0.6) is 0 Å². The van der Waals surface area contributed by atoms with Crippen molar-refractivity contribution in [3.63, 3.8) is 0 Å². The lowest BCUT2D eigenvalue weighted by Crippen LogP contribution is -2.23. The van der Waals surface area contributed by atoms with Crippen LogP contribution in [0.25, 0.3) is 0 Å². The van der Waals surface area contributed by atoms with Gasteiger partial charge in [-0.25, -0.2) is 4.79 Å². The molecule has 0 saturated heterocycles. The van der Waals surface area contributed by atoms with Gasteiger partial charge in [0.1, 0.15) is 0 Å². The van der Waals surface area contributed by atoms with Gasteiger partial charge >= 0.3 is 16.3 Å². The van der Waals surface area contributed by atoms with Gasteiger partial charge in [0.25, 0.3) is 0 Å². The molecule has 100 valence electrons. The van der Waals surface area contributed by atoms with E-state index in [2.05, 4.69) is 6.58 Å². The van der Waals surface area contributed by atoms with E-state index in [9.17, 15) is 13.2 Å². The molecule has 0 aromatic carbocycles. The first-order valence-electron chi connectivity index (χ1n) is 5.47. The van der Waals surface area contributed by atoms with Crippen molar-refractivity contribution in [2.75, 3.05) is 13.2 Å². The average Bonchev–Trinajstić information content (AvgIpc) is 2.25. The molecule has 0 amide bonds. The molecule has 0 heterocycles. The lowest BCUT2D eigenvalue weighted by Gasteiger charge is -2.03. The Hall–Kier alpha value is -0.920. The molecule has 0 bridgehead atoms. The van der Waals surface area contributed by atoms with Crippen LogP contribution in [0.15, 0.2) is 12.7 Å². The predicted octanol–water partition coefficient (Wildman–Crippen LogP) is 1.06. The first-order valence-corrected chi connectivity index (χ1v) is 6.91. The lowest BCUT2D eigenvalue weighted by molar-refractivity contribution is -0.137. The second-order valence-corrected chi connectivity index (χ2v) is 4.75. The highest BCUT2D eigenvalue weighted by atomic mass is 32.2. The SMILES string of the molecule is C=CC(=O)OCCCCCCCNS(=O)(=O)O. The van der Waals surface area contributed by atoms with Gasteiger partial charge in [0, 0.05) is 12.6 Å². The molecule has 0 radical (unpaired) electrons. The highest BCUT2D eigenvalue weighted by Gasteiger charge is 2.00. The van der Waals surface area contributed by atoms with Gasteiger partial charge in [-0.3, -0.25) is 4.55 Å².